The van der Waals surface area contributed by atoms with E-state index in [1.54, 1.807) is 24.3 Å². The minimum Gasteiger partial charge on any atom is -0.455 e. The zero-order valence-electron chi connectivity index (χ0n) is 13.9. The molecule has 0 saturated carbocycles. The van der Waals surface area contributed by atoms with Crippen LogP contribution in [0.25, 0.3) is 11.3 Å². The maximum absolute atomic E-state index is 11.8. The Morgan fingerprint density at radius 1 is 1.07 bits per heavy atom. The third kappa shape index (κ3) is 5.60. The predicted molar refractivity (Wildman–Crippen MR) is 113 cm³/mol. The lowest BCUT2D eigenvalue weighted by Crippen LogP contribution is -2.25. The summed E-state index contributed by atoms with van der Waals surface area (Å²) in [6.07, 6.45) is 1.43. The van der Waals surface area contributed by atoms with Crippen molar-refractivity contribution in [1.29, 1.82) is 0 Å². The van der Waals surface area contributed by atoms with Gasteiger partial charge in [0, 0.05) is 15.7 Å². The Hall–Kier alpha value is -2.28. The second-order valence-corrected chi connectivity index (χ2v) is 7.21. The van der Waals surface area contributed by atoms with Gasteiger partial charge in [-0.3, -0.25) is 4.79 Å². The van der Waals surface area contributed by atoms with E-state index in [-0.39, 0.29) is 12.5 Å². The van der Waals surface area contributed by atoms with E-state index in [9.17, 15) is 4.79 Å². The highest BCUT2D eigenvalue weighted by molar-refractivity contribution is 9.10. The molecule has 0 bridgehead atoms. The van der Waals surface area contributed by atoms with Gasteiger partial charge in [0.1, 0.15) is 11.5 Å². The lowest BCUT2D eigenvalue weighted by molar-refractivity contribution is -0.119. The first-order valence-electron chi connectivity index (χ1n) is 7.88. The number of furan rings is 1. The first-order chi connectivity index (χ1) is 13.0. The van der Waals surface area contributed by atoms with Gasteiger partial charge in [0.2, 0.25) is 0 Å². The zero-order valence-corrected chi connectivity index (χ0v) is 17.0. The molecular weight excluding hydrogens is 453 g/mol. The quantitative estimate of drug-likeness (QED) is 0.368. The van der Waals surface area contributed by atoms with Crippen molar-refractivity contribution in [2.75, 3.05) is 11.9 Å². The number of hydrogen-bond donors (Lipinski definition) is 2. The number of benzene rings is 2. The van der Waals surface area contributed by atoms with Crippen LogP contribution in [0.15, 0.2) is 68.6 Å². The standard InChI is InChI=1S/C19H14BrCl2N3O2/c20-13-2-4-14(5-3-13)23-11-19(26)25-24-10-15-6-8-18(27-15)12-1-7-16(21)17(22)9-12/h1-10,23H,11H2,(H,25,26)/b24-10-. The van der Waals surface area contributed by atoms with Crippen molar-refractivity contribution in [1.82, 2.24) is 5.43 Å². The monoisotopic (exact) mass is 465 g/mol. The van der Waals surface area contributed by atoms with Crippen molar-refractivity contribution in [3.05, 3.63) is 74.9 Å². The molecule has 1 heterocycles. The normalized spacial score (nSPS) is 10.9. The Bertz CT molecular complexity index is 971. The number of rotatable bonds is 6. The molecule has 1 amide bonds. The fourth-order valence-corrected chi connectivity index (χ4v) is 2.75. The Morgan fingerprint density at radius 2 is 1.85 bits per heavy atom. The van der Waals surface area contributed by atoms with E-state index < -0.39 is 0 Å². The minimum absolute atomic E-state index is 0.103. The highest BCUT2D eigenvalue weighted by atomic mass is 79.9. The van der Waals surface area contributed by atoms with Crippen molar-refractivity contribution >= 4 is 56.9 Å². The number of halogens is 3. The molecule has 138 valence electrons. The number of hydrogen-bond acceptors (Lipinski definition) is 4. The van der Waals surface area contributed by atoms with Crippen molar-refractivity contribution in [2.24, 2.45) is 5.10 Å². The Morgan fingerprint density at radius 3 is 2.59 bits per heavy atom. The molecule has 8 heteroatoms. The van der Waals surface area contributed by atoms with Crippen LogP contribution >= 0.6 is 39.1 Å². The van der Waals surface area contributed by atoms with E-state index in [1.807, 2.05) is 30.3 Å². The SMILES string of the molecule is O=C(CNc1ccc(Br)cc1)N/N=C\c1ccc(-c2ccc(Cl)c(Cl)c2)o1. The molecule has 27 heavy (non-hydrogen) atoms. The third-order valence-electron chi connectivity index (χ3n) is 3.51. The van der Waals surface area contributed by atoms with Crippen molar-refractivity contribution in [3.8, 4) is 11.3 Å². The summed E-state index contributed by atoms with van der Waals surface area (Å²) in [5.74, 6) is 0.848. The molecule has 3 aromatic rings. The first-order valence-corrected chi connectivity index (χ1v) is 9.43. The van der Waals surface area contributed by atoms with Crippen LogP contribution in [0.1, 0.15) is 5.76 Å². The van der Waals surface area contributed by atoms with Crippen molar-refractivity contribution in [3.63, 3.8) is 0 Å². The summed E-state index contributed by atoms with van der Waals surface area (Å²) in [5, 5.41) is 7.83. The summed E-state index contributed by atoms with van der Waals surface area (Å²) in [6.45, 7) is 0.103. The molecule has 0 atom stereocenters. The molecule has 0 unspecified atom stereocenters. The van der Waals surface area contributed by atoms with Crippen LogP contribution in [0.4, 0.5) is 5.69 Å². The summed E-state index contributed by atoms with van der Waals surface area (Å²) in [5.41, 5.74) is 4.08. The molecule has 3 rings (SSSR count). The van der Waals surface area contributed by atoms with Crippen LogP contribution in [0.2, 0.25) is 10.0 Å². The number of nitrogens with zero attached hydrogens (tertiary/aromatic N) is 1. The van der Waals surface area contributed by atoms with Crippen LogP contribution in [0, 0.1) is 0 Å². The van der Waals surface area contributed by atoms with E-state index in [1.165, 1.54) is 6.21 Å². The second kappa shape index (κ2) is 9.08. The Kier molecular flexibility index (Phi) is 6.55. The maximum atomic E-state index is 11.8. The van der Waals surface area contributed by atoms with Crippen LogP contribution in [0.5, 0.6) is 0 Å². The van der Waals surface area contributed by atoms with E-state index in [4.69, 9.17) is 27.6 Å². The smallest absolute Gasteiger partial charge is 0.259 e. The molecule has 2 N–H and O–H groups in total. The molecular formula is C19H14BrCl2N3O2. The molecule has 0 spiro atoms. The Labute approximate surface area is 174 Å². The topological polar surface area (TPSA) is 66.6 Å². The van der Waals surface area contributed by atoms with Crippen molar-refractivity contribution in [2.45, 2.75) is 0 Å². The minimum atomic E-state index is -0.273. The largest absolute Gasteiger partial charge is 0.455 e. The molecule has 2 aromatic carbocycles. The number of anilines is 1. The van der Waals surface area contributed by atoms with Crippen molar-refractivity contribution < 1.29 is 9.21 Å². The van der Waals surface area contributed by atoms with E-state index in [2.05, 4.69) is 31.8 Å². The van der Waals surface area contributed by atoms with Crippen LogP contribution in [0.3, 0.4) is 0 Å². The van der Waals surface area contributed by atoms with E-state index in [0.29, 0.717) is 21.6 Å². The van der Waals surface area contributed by atoms with Gasteiger partial charge in [0.05, 0.1) is 22.8 Å². The molecule has 0 aliphatic heterocycles. The zero-order chi connectivity index (χ0) is 19.2. The first kappa shape index (κ1) is 19.5. The number of amides is 1. The van der Waals surface area contributed by atoms with Gasteiger partial charge in [-0.05, 0) is 54.6 Å². The molecule has 0 radical (unpaired) electrons. The molecule has 0 saturated heterocycles. The summed E-state index contributed by atoms with van der Waals surface area (Å²) in [7, 11) is 0. The predicted octanol–water partition coefficient (Wildman–Crippen LogP) is 5.58. The summed E-state index contributed by atoms with van der Waals surface area (Å²) >= 11 is 15.3. The number of nitrogens with one attached hydrogen (secondary N) is 2. The van der Waals surface area contributed by atoms with Gasteiger partial charge in [0.15, 0.2) is 0 Å². The molecule has 5 nitrogen and oxygen atoms in total. The number of hydrazone groups is 1. The van der Waals surface area contributed by atoms with Gasteiger partial charge in [-0.25, -0.2) is 5.43 Å². The average Bonchev–Trinajstić information content (AvgIpc) is 3.12. The van der Waals surface area contributed by atoms with Gasteiger partial charge in [0.25, 0.3) is 5.91 Å². The highest BCUT2D eigenvalue weighted by Gasteiger charge is 2.06. The van der Waals surface area contributed by atoms with Crippen LogP contribution in [-0.2, 0) is 4.79 Å². The lowest BCUT2D eigenvalue weighted by atomic mass is 10.2. The summed E-state index contributed by atoms with van der Waals surface area (Å²) in [6, 6.07) is 16.3. The van der Waals surface area contributed by atoms with Gasteiger partial charge >= 0.3 is 0 Å². The Balaban J connectivity index is 1.52. The second-order valence-electron chi connectivity index (χ2n) is 5.48. The molecule has 1 aromatic heterocycles. The fraction of sp³-hybridized carbons (Fsp3) is 0.0526. The summed E-state index contributed by atoms with van der Waals surface area (Å²) in [4.78, 5) is 11.8. The lowest BCUT2D eigenvalue weighted by Gasteiger charge is -2.04. The third-order valence-corrected chi connectivity index (χ3v) is 4.78. The van der Waals surface area contributed by atoms with E-state index in [0.717, 1.165) is 15.7 Å². The molecule has 0 aliphatic rings. The fourth-order valence-electron chi connectivity index (χ4n) is 2.18. The maximum Gasteiger partial charge on any atom is 0.259 e. The molecule has 0 fully saturated rings. The number of carbonyl (C=O) groups excluding carboxylic acids is 1. The molecule has 0 aliphatic carbocycles. The highest BCUT2D eigenvalue weighted by Crippen LogP contribution is 2.29. The van der Waals surface area contributed by atoms with Crippen LogP contribution in [-0.4, -0.2) is 18.7 Å². The summed E-state index contributed by atoms with van der Waals surface area (Å²) < 4.78 is 6.64. The van der Waals surface area contributed by atoms with Gasteiger partial charge in [-0.2, -0.15) is 5.10 Å². The average molecular weight is 467 g/mol. The number of carbonyl (C=O) groups is 1. The van der Waals surface area contributed by atoms with Gasteiger partial charge in [-0.15, -0.1) is 0 Å². The van der Waals surface area contributed by atoms with Gasteiger partial charge in [-0.1, -0.05) is 39.1 Å². The van der Waals surface area contributed by atoms with Gasteiger partial charge < -0.3 is 9.73 Å². The van der Waals surface area contributed by atoms with Crippen LogP contribution < -0.4 is 10.7 Å². The van der Waals surface area contributed by atoms with E-state index >= 15 is 0 Å².